The molecular weight excluding hydrogens is 362 g/mol. The van der Waals surface area contributed by atoms with E-state index in [2.05, 4.69) is 34.6 Å². The molecule has 0 radical (unpaired) electrons. The summed E-state index contributed by atoms with van der Waals surface area (Å²) in [5, 5.41) is 12.5. The minimum atomic E-state index is -0.0185. The Hall–Kier alpha value is -3.28. The monoisotopic (exact) mass is 385 g/mol. The molecular formula is C23H23N5O. The van der Waals surface area contributed by atoms with Crippen LogP contribution in [0.2, 0.25) is 0 Å². The van der Waals surface area contributed by atoms with Gasteiger partial charge in [0.1, 0.15) is 5.82 Å². The standard InChI is InChI=1S/C23H23N5O/c1-15-9-10-19-17(14-15)22(16-6-2-3-7-18(16)25-19)23(29)24-12-11-21-27-26-20-8-4-5-13-28(20)21/h4-5,8-10,13-14H,2-3,6-7,11-12H2,1H3,(H,24,29). The number of nitrogens with one attached hydrogen (secondary N) is 1. The number of benzene rings is 1. The average Bonchev–Trinajstić information content (AvgIpc) is 3.15. The first-order valence-electron chi connectivity index (χ1n) is 10.2. The number of pyridine rings is 2. The van der Waals surface area contributed by atoms with E-state index in [0.29, 0.717) is 13.0 Å². The molecule has 5 rings (SSSR count). The number of hydrogen-bond donors (Lipinski definition) is 1. The SMILES string of the molecule is Cc1ccc2nc3c(c(C(=O)NCCc4nnc5ccccn45)c2c1)CCCC3. The molecule has 4 aromatic rings. The number of hydrogen-bond acceptors (Lipinski definition) is 4. The fraction of sp³-hybridized carbons (Fsp3) is 0.304. The molecule has 0 unspecified atom stereocenters. The van der Waals surface area contributed by atoms with Crippen LogP contribution in [0, 0.1) is 6.92 Å². The minimum Gasteiger partial charge on any atom is -0.352 e. The van der Waals surface area contributed by atoms with E-state index < -0.39 is 0 Å². The third kappa shape index (κ3) is 3.24. The van der Waals surface area contributed by atoms with E-state index in [9.17, 15) is 4.79 Å². The summed E-state index contributed by atoms with van der Waals surface area (Å²) in [6.45, 7) is 2.57. The smallest absolute Gasteiger partial charge is 0.252 e. The van der Waals surface area contributed by atoms with Gasteiger partial charge in [0.05, 0.1) is 11.1 Å². The number of nitrogens with zero attached hydrogens (tertiary/aromatic N) is 4. The van der Waals surface area contributed by atoms with E-state index in [4.69, 9.17) is 4.98 Å². The summed E-state index contributed by atoms with van der Waals surface area (Å²) in [5.74, 6) is 0.827. The van der Waals surface area contributed by atoms with Crippen molar-refractivity contribution in [3.63, 3.8) is 0 Å². The van der Waals surface area contributed by atoms with Crippen molar-refractivity contribution in [2.45, 2.75) is 39.0 Å². The van der Waals surface area contributed by atoms with Crippen LogP contribution in [0.5, 0.6) is 0 Å². The highest BCUT2D eigenvalue weighted by atomic mass is 16.1. The first-order valence-corrected chi connectivity index (χ1v) is 10.2. The second-order valence-electron chi connectivity index (χ2n) is 7.69. The van der Waals surface area contributed by atoms with Crippen LogP contribution >= 0.6 is 0 Å². The molecule has 0 atom stereocenters. The van der Waals surface area contributed by atoms with E-state index in [1.54, 1.807) is 0 Å². The Labute approximate surface area is 169 Å². The van der Waals surface area contributed by atoms with Gasteiger partial charge in [-0.2, -0.15) is 0 Å². The third-order valence-corrected chi connectivity index (χ3v) is 5.66. The maximum Gasteiger partial charge on any atom is 0.252 e. The van der Waals surface area contributed by atoms with Gasteiger partial charge in [0.2, 0.25) is 0 Å². The van der Waals surface area contributed by atoms with Gasteiger partial charge in [-0.15, -0.1) is 10.2 Å². The number of rotatable bonds is 4. The molecule has 1 aromatic carbocycles. The maximum atomic E-state index is 13.3. The molecule has 0 saturated heterocycles. The Morgan fingerprint density at radius 1 is 1.14 bits per heavy atom. The predicted octanol–water partition coefficient (Wildman–Crippen LogP) is 3.44. The second kappa shape index (κ2) is 7.28. The molecule has 0 fully saturated rings. The fourth-order valence-corrected chi connectivity index (χ4v) is 4.23. The minimum absolute atomic E-state index is 0.0185. The number of carbonyl (C=O) groups is 1. The molecule has 3 aromatic heterocycles. The summed E-state index contributed by atoms with van der Waals surface area (Å²) in [4.78, 5) is 18.1. The van der Waals surface area contributed by atoms with Crippen molar-refractivity contribution in [1.29, 1.82) is 0 Å². The lowest BCUT2D eigenvalue weighted by atomic mass is 9.89. The normalized spacial score (nSPS) is 13.6. The van der Waals surface area contributed by atoms with Crippen LogP contribution in [0.4, 0.5) is 0 Å². The molecule has 6 nitrogen and oxygen atoms in total. The van der Waals surface area contributed by atoms with Crippen LogP contribution in [0.1, 0.15) is 45.8 Å². The fourth-order valence-electron chi connectivity index (χ4n) is 4.23. The van der Waals surface area contributed by atoms with E-state index in [0.717, 1.165) is 70.4 Å². The van der Waals surface area contributed by atoms with Gasteiger partial charge in [0.15, 0.2) is 5.65 Å². The van der Waals surface area contributed by atoms with Gasteiger partial charge in [-0.25, -0.2) is 0 Å². The van der Waals surface area contributed by atoms with Gasteiger partial charge in [-0.05, 0) is 62.4 Å². The third-order valence-electron chi connectivity index (χ3n) is 5.66. The Morgan fingerprint density at radius 2 is 2.03 bits per heavy atom. The number of aromatic nitrogens is 4. The van der Waals surface area contributed by atoms with E-state index in [1.165, 1.54) is 0 Å². The van der Waals surface area contributed by atoms with Crippen LogP contribution in [0.15, 0.2) is 42.6 Å². The molecule has 1 aliphatic carbocycles. The van der Waals surface area contributed by atoms with Crippen molar-refractivity contribution < 1.29 is 4.79 Å². The zero-order valence-corrected chi connectivity index (χ0v) is 16.5. The summed E-state index contributed by atoms with van der Waals surface area (Å²) in [7, 11) is 0. The summed E-state index contributed by atoms with van der Waals surface area (Å²) in [5.41, 5.74) is 5.88. The molecule has 0 spiro atoms. The summed E-state index contributed by atoms with van der Waals surface area (Å²) in [6.07, 6.45) is 6.69. The topological polar surface area (TPSA) is 72.2 Å². The molecule has 1 N–H and O–H groups in total. The van der Waals surface area contributed by atoms with Crippen LogP contribution in [0.25, 0.3) is 16.6 Å². The van der Waals surface area contributed by atoms with Crippen LogP contribution in [-0.2, 0) is 19.3 Å². The number of amides is 1. The van der Waals surface area contributed by atoms with Gasteiger partial charge in [-0.1, -0.05) is 17.7 Å². The van der Waals surface area contributed by atoms with Crippen molar-refractivity contribution in [1.82, 2.24) is 24.9 Å². The van der Waals surface area contributed by atoms with Gasteiger partial charge in [0, 0.05) is 30.2 Å². The van der Waals surface area contributed by atoms with Gasteiger partial charge >= 0.3 is 0 Å². The van der Waals surface area contributed by atoms with Crippen molar-refractivity contribution in [3.05, 3.63) is 70.8 Å². The van der Waals surface area contributed by atoms with Gasteiger partial charge in [0.25, 0.3) is 5.91 Å². The Bertz CT molecular complexity index is 1230. The van der Waals surface area contributed by atoms with Gasteiger partial charge in [-0.3, -0.25) is 14.2 Å². The van der Waals surface area contributed by atoms with Crippen molar-refractivity contribution >= 4 is 22.5 Å². The summed E-state index contributed by atoms with van der Waals surface area (Å²) >= 11 is 0. The van der Waals surface area contributed by atoms with Crippen molar-refractivity contribution in [3.8, 4) is 0 Å². The maximum absolute atomic E-state index is 13.3. The lowest BCUT2D eigenvalue weighted by Crippen LogP contribution is -2.28. The number of aryl methyl sites for hydroxylation is 2. The largest absolute Gasteiger partial charge is 0.352 e. The van der Waals surface area contributed by atoms with Crippen molar-refractivity contribution in [2.24, 2.45) is 0 Å². The summed E-state index contributed by atoms with van der Waals surface area (Å²) in [6, 6.07) is 12.0. The zero-order valence-electron chi connectivity index (χ0n) is 16.5. The lowest BCUT2D eigenvalue weighted by molar-refractivity contribution is 0.0954. The molecule has 0 bridgehead atoms. The molecule has 146 valence electrons. The molecule has 0 aliphatic heterocycles. The van der Waals surface area contributed by atoms with E-state index in [-0.39, 0.29) is 5.91 Å². The van der Waals surface area contributed by atoms with Crippen molar-refractivity contribution in [2.75, 3.05) is 6.54 Å². The molecule has 0 saturated carbocycles. The highest BCUT2D eigenvalue weighted by Gasteiger charge is 2.22. The Morgan fingerprint density at radius 3 is 2.97 bits per heavy atom. The molecule has 1 amide bonds. The van der Waals surface area contributed by atoms with Crippen LogP contribution in [-0.4, -0.2) is 32.0 Å². The molecule has 1 aliphatic rings. The molecule has 3 heterocycles. The van der Waals surface area contributed by atoms with Gasteiger partial charge < -0.3 is 5.32 Å². The lowest BCUT2D eigenvalue weighted by Gasteiger charge is -2.20. The Balaban J connectivity index is 1.43. The highest BCUT2D eigenvalue weighted by molar-refractivity contribution is 6.08. The molecule has 6 heteroatoms. The Kier molecular flexibility index (Phi) is 4.46. The number of fused-ring (bicyclic) bond motifs is 3. The van der Waals surface area contributed by atoms with Crippen LogP contribution < -0.4 is 5.32 Å². The first kappa shape index (κ1) is 17.8. The van der Waals surface area contributed by atoms with Crippen LogP contribution in [0.3, 0.4) is 0 Å². The van der Waals surface area contributed by atoms with E-state index in [1.807, 2.05) is 34.9 Å². The summed E-state index contributed by atoms with van der Waals surface area (Å²) < 4.78 is 1.96. The number of carbonyl (C=O) groups excluding carboxylic acids is 1. The highest BCUT2D eigenvalue weighted by Crippen LogP contribution is 2.29. The predicted molar refractivity (Wildman–Crippen MR) is 112 cm³/mol. The quantitative estimate of drug-likeness (QED) is 0.584. The van der Waals surface area contributed by atoms with E-state index >= 15 is 0 Å². The first-order chi connectivity index (χ1) is 14.2. The average molecular weight is 385 g/mol. The second-order valence-corrected chi connectivity index (χ2v) is 7.69. The molecule has 29 heavy (non-hydrogen) atoms. The zero-order chi connectivity index (χ0) is 19.8.